The van der Waals surface area contributed by atoms with Gasteiger partial charge in [-0.2, -0.15) is 11.8 Å². The Balaban J connectivity index is 2.37. The summed E-state index contributed by atoms with van der Waals surface area (Å²) in [5.74, 6) is 2.54. The van der Waals surface area contributed by atoms with Crippen LogP contribution in [0.25, 0.3) is 0 Å². The van der Waals surface area contributed by atoms with Crippen LogP contribution in [0.2, 0.25) is 0 Å². The van der Waals surface area contributed by atoms with Crippen LogP contribution in [0.4, 0.5) is 10.7 Å². The van der Waals surface area contributed by atoms with E-state index in [1.165, 1.54) is 17.2 Å². The van der Waals surface area contributed by atoms with Crippen LogP contribution < -0.4 is 10.6 Å². The Labute approximate surface area is 133 Å². The van der Waals surface area contributed by atoms with Gasteiger partial charge < -0.3 is 10.6 Å². The van der Waals surface area contributed by atoms with E-state index in [0.29, 0.717) is 5.69 Å². The predicted octanol–water partition coefficient (Wildman–Crippen LogP) is 3.83. The first-order valence-electron chi connectivity index (χ1n) is 6.89. The molecular weight excluding hydrogens is 308 g/mol. The van der Waals surface area contributed by atoms with Gasteiger partial charge in [0.05, 0.1) is 15.5 Å². The van der Waals surface area contributed by atoms with Gasteiger partial charge in [-0.25, -0.2) is 0 Å². The highest BCUT2D eigenvalue weighted by atomic mass is 32.2. The van der Waals surface area contributed by atoms with Crippen LogP contribution in [-0.2, 0) is 0 Å². The average Bonchev–Trinajstić information content (AvgIpc) is 2.62. The van der Waals surface area contributed by atoms with Crippen LogP contribution in [0, 0.1) is 5.92 Å². The van der Waals surface area contributed by atoms with Gasteiger partial charge in [-0.3, -0.25) is 4.79 Å². The first-order valence-corrected chi connectivity index (χ1v) is 10.1. The van der Waals surface area contributed by atoms with E-state index >= 15 is 0 Å². The molecule has 2 heterocycles. The molecule has 0 atom stereocenters. The Hall–Kier alpha value is -0.330. The van der Waals surface area contributed by atoms with Crippen molar-refractivity contribution >= 4 is 51.3 Å². The molecule has 20 heavy (non-hydrogen) atoms. The first kappa shape index (κ1) is 16.0. The highest BCUT2D eigenvalue weighted by molar-refractivity contribution is 7.99. The summed E-state index contributed by atoms with van der Waals surface area (Å²) in [6.07, 6.45) is 3.24. The first-order chi connectivity index (χ1) is 9.56. The second-order valence-corrected chi connectivity index (χ2v) is 8.20. The molecule has 112 valence electrons. The van der Waals surface area contributed by atoms with Crippen LogP contribution in [0.15, 0.2) is 4.90 Å². The number of hydrogen-bond donors (Lipinski definition) is 1. The van der Waals surface area contributed by atoms with E-state index in [4.69, 9.17) is 5.73 Å². The minimum absolute atomic E-state index is 0.00167. The molecule has 3 nitrogen and oxygen atoms in total. The Morgan fingerprint density at radius 3 is 2.75 bits per heavy atom. The average molecular weight is 331 g/mol. The molecule has 2 rings (SSSR count). The summed E-state index contributed by atoms with van der Waals surface area (Å²) in [5.41, 5.74) is 6.92. The van der Waals surface area contributed by atoms with E-state index < -0.39 is 0 Å². The van der Waals surface area contributed by atoms with E-state index in [-0.39, 0.29) is 11.7 Å². The number of nitrogens with zero attached hydrogens (tertiary/aromatic N) is 1. The molecule has 0 radical (unpaired) electrons. The Bertz CT molecular complexity index is 477. The molecule has 1 fully saturated rings. The standard InChI is InChI=1S/C14H22N2OS3/c1-9(2)11(17)12-10(15)13(18-3)14(20-12)16-5-4-7-19-8-6-16/h9H,4-8,15H2,1-3H3. The van der Waals surface area contributed by atoms with Crippen molar-refractivity contribution in [3.05, 3.63) is 4.88 Å². The number of rotatable bonds is 4. The van der Waals surface area contributed by atoms with Gasteiger partial charge in [0.25, 0.3) is 0 Å². The maximum absolute atomic E-state index is 12.3. The van der Waals surface area contributed by atoms with E-state index in [2.05, 4.69) is 4.90 Å². The monoisotopic (exact) mass is 330 g/mol. The lowest BCUT2D eigenvalue weighted by Gasteiger charge is -2.21. The Morgan fingerprint density at radius 2 is 2.10 bits per heavy atom. The summed E-state index contributed by atoms with van der Waals surface area (Å²) < 4.78 is 0. The number of nitrogens with two attached hydrogens (primary N) is 1. The lowest BCUT2D eigenvalue weighted by Crippen LogP contribution is -2.24. The molecule has 1 aliphatic rings. The van der Waals surface area contributed by atoms with Crippen LogP contribution in [0.5, 0.6) is 0 Å². The van der Waals surface area contributed by atoms with Gasteiger partial charge in [-0.1, -0.05) is 13.8 Å². The topological polar surface area (TPSA) is 46.3 Å². The van der Waals surface area contributed by atoms with Crippen molar-refractivity contribution in [2.75, 3.05) is 41.5 Å². The molecule has 0 bridgehead atoms. The van der Waals surface area contributed by atoms with Crippen molar-refractivity contribution < 1.29 is 4.79 Å². The fourth-order valence-corrected chi connectivity index (χ4v) is 5.42. The Kier molecular flexibility index (Phi) is 5.69. The van der Waals surface area contributed by atoms with Crippen LogP contribution in [0.1, 0.15) is 29.9 Å². The van der Waals surface area contributed by atoms with E-state index in [9.17, 15) is 4.79 Å². The molecule has 0 aromatic carbocycles. The smallest absolute Gasteiger partial charge is 0.177 e. The molecular formula is C14H22N2OS3. The van der Waals surface area contributed by atoms with Gasteiger partial charge >= 0.3 is 0 Å². The van der Waals surface area contributed by atoms with E-state index in [0.717, 1.165) is 28.6 Å². The second kappa shape index (κ2) is 7.09. The summed E-state index contributed by atoms with van der Waals surface area (Å²) >= 11 is 5.25. The van der Waals surface area contributed by atoms with Gasteiger partial charge in [-0.05, 0) is 18.4 Å². The number of carbonyl (C=O) groups excluding carboxylic acids is 1. The number of nitrogen functional groups attached to an aromatic ring is 1. The van der Waals surface area contributed by atoms with Crippen molar-refractivity contribution in [2.24, 2.45) is 5.92 Å². The number of carbonyl (C=O) groups is 1. The molecule has 2 N–H and O–H groups in total. The summed E-state index contributed by atoms with van der Waals surface area (Å²) in [6.45, 7) is 5.98. The zero-order chi connectivity index (χ0) is 14.7. The van der Waals surface area contributed by atoms with Crippen LogP contribution in [0.3, 0.4) is 0 Å². The maximum atomic E-state index is 12.3. The maximum Gasteiger partial charge on any atom is 0.177 e. The highest BCUT2D eigenvalue weighted by Gasteiger charge is 2.25. The molecule has 0 saturated carbocycles. The van der Waals surface area contributed by atoms with Gasteiger partial charge in [0.15, 0.2) is 5.78 Å². The number of thioether (sulfide) groups is 2. The number of anilines is 2. The molecule has 0 aliphatic carbocycles. The van der Waals surface area contributed by atoms with Crippen LogP contribution in [-0.4, -0.2) is 36.6 Å². The van der Waals surface area contributed by atoms with Crippen molar-refractivity contribution in [3.8, 4) is 0 Å². The third kappa shape index (κ3) is 3.28. The molecule has 1 saturated heterocycles. The molecule has 0 amide bonds. The zero-order valence-electron chi connectivity index (χ0n) is 12.3. The van der Waals surface area contributed by atoms with Gasteiger partial charge in [-0.15, -0.1) is 23.1 Å². The minimum atomic E-state index is -0.00167. The summed E-state index contributed by atoms with van der Waals surface area (Å²) in [7, 11) is 0. The van der Waals surface area contributed by atoms with E-state index in [1.54, 1.807) is 23.1 Å². The van der Waals surface area contributed by atoms with Crippen molar-refractivity contribution in [1.29, 1.82) is 0 Å². The second-order valence-electron chi connectivity index (χ2n) is 5.16. The largest absolute Gasteiger partial charge is 0.396 e. The van der Waals surface area contributed by atoms with Crippen molar-refractivity contribution in [1.82, 2.24) is 0 Å². The number of ketones is 1. The minimum Gasteiger partial charge on any atom is -0.396 e. The number of thiophene rings is 1. The Morgan fingerprint density at radius 1 is 1.35 bits per heavy atom. The lowest BCUT2D eigenvalue weighted by molar-refractivity contribution is 0.0944. The molecule has 1 aromatic rings. The summed E-state index contributed by atoms with van der Waals surface area (Å²) in [4.78, 5) is 16.5. The highest BCUT2D eigenvalue weighted by Crippen LogP contribution is 2.45. The van der Waals surface area contributed by atoms with E-state index in [1.807, 2.05) is 31.9 Å². The number of Topliss-reactive ketones (excluding diaryl/α,β-unsaturated/α-hetero) is 1. The normalized spacial score (nSPS) is 16.5. The quantitative estimate of drug-likeness (QED) is 0.671. The fourth-order valence-electron chi connectivity index (χ4n) is 2.22. The SMILES string of the molecule is CSc1c(N2CCCSCC2)sc(C(=O)C(C)C)c1N. The zero-order valence-corrected chi connectivity index (χ0v) is 14.7. The van der Waals surface area contributed by atoms with Gasteiger partial charge in [0.1, 0.15) is 5.00 Å². The predicted molar refractivity (Wildman–Crippen MR) is 93.8 cm³/mol. The lowest BCUT2D eigenvalue weighted by atomic mass is 10.1. The third-order valence-corrected chi connectivity index (χ3v) is 6.62. The molecule has 0 spiro atoms. The van der Waals surface area contributed by atoms with Crippen molar-refractivity contribution in [2.45, 2.75) is 25.2 Å². The fraction of sp³-hybridized carbons (Fsp3) is 0.643. The third-order valence-electron chi connectivity index (χ3n) is 3.34. The summed E-state index contributed by atoms with van der Waals surface area (Å²) in [5, 5.41) is 1.20. The number of hydrogen-bond acceptors (Lipinski definition) is 6. The van der Waals surface area contributed by atoms with Crippen molar-refractivity contribution in [3.63, 3.8) is 0 Å². The van der Waals surface area contributed by atoms with Crippen LogP contribution >= 0.6 is 34.9 Å². The van der Waals surface area contributed by atoms with Gasteiger partial charge in [0.2, 0.25) is 0 Å². The molecule has 1 aromatic heterocycles. The molecule has 1 aliphatic heterocycles. The van der Waals surface area contributed by atoms with Gasteiger partial charge in [0, 0.05) is 24.8 Å². The summed E-state index contributed by atoms with van der Waals surface area (Å²) in [6, 6.07) is 0. The molecule has 0 unspecified atom stereocenters. The molecule has 6 heteroatoms.